The Balaban J connectivity index is 3.77. The van der Waals surface area contributed by atoms with Crippen LogP contribution in [0.2, 0.25) is 0 Å². The van der Waals surface area contributed by atoms with Crippen molar-refractivity contribution in [1.82, 2.24) is 0 Å². The van der Waals surface area contributed by atoms with E-state index >= 15 is 0 Å². The van der Waals surface area contributed by atoms with E-state index in [0.717, 1.165) is 0 Å². The molecule has 0 aromatic rings. The average molecular weight is 338 g/mol. The molecule has 2 atom stereocenters. The lowest BCUT2D eigenvalue weighted by Crippen LogP contribution is -2.65. The van der Waals surface area contributed by atoms with Crippen molar-refractivity contribution in [1.29, 1.82) is 0 Å². The third-order valence-electron chi connectivity index (χ3n) is 4.16. The Hall–Kier alpha value is -2.17. The normalized spacial score (nSPS) is 25.5. The molecule has 0 saturated carbocycles. The van der Waals surface area contributed by atoms with E-state index in [0.29, 0.717) is 0 Å². The molecule has 11 heteroatoms. The van der Waals surface area contributed by atoms with Crippen LogP contribution in [0.15, 0.2) is 23.0 Å². The maximum atomic E-state index is 13.0. The lowest BCUT2D eigenvalue weighted by Gasteiger charge is -2.38. The van der Waals surface area contributed by atoms with Crippen LogP contribution in [0, 0.1) is 26.1 Å². The topological polar surface area (TPSA) is 138 Å². The van der Waals surface area contributed by atoms with Crippen molar-refractivity contribution in [2.75, 3.05) is 0 Å². The Morgan fingerprint density at radius 3 is 2.09 bits per heavy atom. The maximum absolute atomic E-state index is 13.0. The fourth-order valence-corrected chi connectivity index (χ4v) is 3.03. The summed E-state index contributed by atoms with van der Waals surface area (Å²) in [6.07, 6.45) is -4.43. The van der Waals surface area contributed by atoms with Crippen LogP contribution < -0.4 is 11.5 Å². The monoisotopic (exact) mass is 338 g/mol. The van der Waals surface area contributed by atoms with Crippen LogP contribution in [0.3, 0.4) is 0 Å². The molecule has 1 aliphatic carbocycles. The van der Waals surface area contributed by atoms with E-state index in [9.17, 15) is 33.4 Å². The van der Waals surface area contributed by atoms with Crippen molar-refractivity contribution in [2.45, 2.75) is 44.4 Å². The van der Waals surface area contributed by atoms with Gasteiger partial charge in [-0.2, -0.15) is 13.2 Å². The molecule has 2 unspecified atom stereocenters. The Morgan fingerprint density at radius 1 is 1.30 bits per heavy atom. The first-order valence-electron chi connectivity index (χ1n) is 6.78. The Labute approximate surface area is 129 Å². The smallest absolute Gasteiger partial charge is 0.396 e. The van der Waals surface area contributed by atoms with E-state index in [1.54, 1.807) is 13.8 Å². The van der Waals surface area contributed by atoms with Crippen LogP contribution in [0.1, 0.15) is 26.7 Å². The van der Waals surface area contributed by atoms with Gasteiger partial charge in [-0.25, -0.2) is 0 Å². The Bertz CT molecular complexity index is 583. The number of hydrogen-bond acceptors (Lipinski definition) is 6. The summed E-state index contributed by atoms with van der Waals surface area (Å²) in [4.78, 5) is 20.4. The molecule has 4 N–H and O–H groups in total. The molecule has 1 aliphatic rings. The molecule has 0 bridgehead atoms. The summed E-state index contributed by atoms with van der Waals surface area (Å²) >= 11 is 0. The molecule has 0 aliphatic heterocycles. The molecule has 8 nitrogen and oxygen atoms in total. The van der Waals surface area contributed by atoms with Gasteiger partial charge in [0, 0.05) is 11.0 Å². The van der Waals surface area contributed by atoms with Gasteiger partial charge in [-0.15, -0.1) is 0 Å². The zero-order chi connectivity index (χ0) is 18.2. The van der Waals surface area contributed by atoms with Crippen LogP contribution in [-0.4, -0.2) is 27.6 Å². The highest BCUT2D eigenvalue weighted by Gasteiger charge is 2.62. The van der Waals surface area contributed by atoms with Crippen molar-refractivity contribution in [3.63, 3.8) is 0 Å². The highest BCUT2D eigenvalue weighted by molar-refractivity contribution is 5.43. The summed E-state index contributed by atoms with van der Waals surface area (Å²) in [6.45, 7) is 3.19. The minimum atomic E-state index is -5.06. The summed E-state index contributed by atoms with van der Waals surface area (Å²) in [5.74, 6) is -0.789. The molecule has 0 saturated heterocycles. The molecule has 0 amide bonds. The van der Waals surface area contributed by atoms with Gasteiger partial charge in [0.15, 0.2) is 5.54 Å². The summed E-state index contributed by atoms with van der Waals surface area (Å²) in [7, 11) is 0. The van der Waals surface area contributed by atoms with Gasteiger partial charge in [-0.05, 0) is 5.92 Å². The summed E-state index contributed by atoms with van der Waals surface area (Å²) in [5.41, 5.74) is 5.36. The minimum absolute atomic E-state index is 0.206. The standard InChI is InChI=1S/C12H17F3N4O4/c1-3-6(4-2)11(17)8(18(20)21)5-7(12(13,14)15)9(16)10(11)19(22)23/h5-6,10H,3-4,16-17H2,1-2H3. The zero-order valence-electron chi connectivity index (χ0n) is 12.5. The molecule has 0 fully saturated rings. The van der Waals surface area contributed by atoms with Gasteiger partial charge in [0.1, 0.15) is 0 Å². The van der Waals surface area contributed by atoms with E-state index in [4.69, 9.17) is 11.5 Å². The third-order valence-corrected chi connectivity index (χ3v) is 4.16. The lowest BCUT2D eigenvalue weighted by atomic mass is 9.69. The van der Waals surface area contributed by atoms with Gasteiger partial charge < -0.3 is 11.5 Å². The molecule has 23 heavy (non-hydrogen) atoms. The molecule has 130 valence electrons. The summed E-state index contributed by atoms with van der Waals surface area (Å²) < 4.78 is 39.0. The van der Waals surface area contributed by atoms with Crippen LogP contribution in [0.5, 0.6) is 0 Å². The van der Waals surface area contributed by atoms with Crippen molar-refractivity contribution in [3.05, 3.63) is 43.3 Å². The SMILES string of the molecule is CCC(CC)C1(N)C([N+](=O)[O-])=CC(C(F)(F)F)=C(N)C1[N+](=O)[O-]. The second kappa shape index (κ2) is 6.14. The van der Waals surface area contributed by atoms with Crippen LogP contribution in [0.4, 0.5) is 13.2 Å². The highest BCUT2D eigenvalue weighted by Crippen LogP contribution is 2.43. The van der Waals surface area contributed by atoms with E-state index < -0.39 is 50.5 Å². The van der Waals surface area contributed by atoms with Crippen molar-refractivity contribution in [2.24, 2.45) is 17.4 Å². The van der Waals surface area contributed by atoms with Crippen molar-refractivity contribution >= 4 is 0 Å². The number of halogens is 3. The third kappa shape index (κ3) is 3.00. The number of alkyl halides is 3. The maximum Gasteiger partial charge on any atom is 0.418 e. The summed E-state index contributed by atoms with van der Waals surface area (Å²) in [6, 6.07) is -2.23. The van der Waals surface area contributed by atoms with Crippen LogP contribution in [0.25, 0.3) is 0 Å². The number of nitro groups is 2. The number of allylic oxidation sites excluding steroid dienone is 2. The molecule has 0 radical (unpaired) electrons. The van der Waals surface area contributed by atoms with Gasteiger partial charge in [0.25, 0.3) is 11.7 Å². The minimum Gasteiger partial charge on any atom is -0.396 e. The fraction of sp³-hybridized carbons (Fsp3) is 0.667. The predicted molar refractivity (Wildman–Crippen MR) is 74.1 cm³/mol. The highest BCUT2D eigenvalue weighted by atomic mass is 19.4. The predicted octanol–water partition coefficient (Wildman–Crippen LogP) is 1.71. The molecule has 0 aromatic carbocycles. The molecule has 1 rings (SSSR count). The van der Waals surface area contributed by atoms with E-state index in [1.165, 1.54) is 0 Å². The van der Waals surface area contributed by atoms with E-state index in [2.05, 4.69) is 0 Å². The molecule has 0 heterocycles. The first kappa shape index (κ1) is 18.9. The van der Waals surface area contributed by atoms with Gasteiger partial charge in [0.2, 0.25) is 0 Å². The number of nitrogens with two attached hydrogens (primary N) is 2. The largest absolute Gasteiger partial charge is 0.418 e. The van der Waals surface area contributed by atoms with E-state index in [1.807, 2.05) is 0 Å². The van der Waals surface area contributed by atoms with Gasteiger partial charge in [-0.1, -0.05) is 26.7 Å². The van der Waals surface area contributed by atoms with Gasteiger partial charge >= 0.3 is 6.18 Å². The lowest BCUT2D eigenvalue weighted by molar-refractivity contribution is -0.536. The van der Waals surface area contributed by atoms with Gasteiger partial charge in [0.05, 0.1) is 16.2 Å². The zero-order valence-corrected chi connectivity index (χ0v) is 12.5. The van der Waals surface area contributed by atoms with E-state index in [-0.39, 0.29) is 18.9 Å². The van der Waals surface area contributed by atoms with Crippen LogP contribution >= 0.6 is 0 Å². The second-order valence-corrected chi connectivity index (χ2v) is 5.29. The molecule has 0 aromatic heterocycles. The number of hydrogen-bond donors (Lipinski definition) is 2. The van der Waals surface area contributed by atoms with Crippen molar-refractivity contribution < 1.29 is 23.0 Å². The Kier molecular flexibility index (Phi) is 5.04. The Morgan fingerprint density at radius 2 is 1.78 bits per heavy atom. The molecule has 0 spiro atoms. The van der Waals surface area contributed by atoms with Crippen LogP contribution in [-0.2, 0) is 0 Å². The molecular formula is C12H17F3N4O4. The second-order valence-electron chi connectivity index (χ2n) is 5.29. The fourth-order valence-electron chi connectivity index (χ4n) is 3.03. The average Bonchev–Trinajstić information content (AvgIpc) is 2.37. The molecular weight excluding hydrogens is 321 g/mol. The van der Waals surface area contributed by atoms with Crippen molar-refractivity contribution in [3.8, 4) is 0 Å². The first-order chi connectivity index (χ1) is 10.4. The number of rotatable bonds is 5. The summed E-state index contributed by atoms with van der Waals surface area (Å²) in [5, 5.41) is 22.6. The van der Waals surface area contributed by atoms with Gasteiger partial charge in [-0.3, -0.25) is 20.2 Å². The quantitative estimate of drug-likeness (QED) is 0.578. The first-order valence-corrected chi connectivity index (χ1v) is 6.78. The number of nitrogens with zero attached hydrogens (tertiary/aromatic N) is 2.